The molecule has 4 rings (SSSR count). The second-order valence-corrected chi connectivity index (χ2v) is 8.20. The van der Waals surface area contributed by atoms with Gasteiger partial charge in [0.1, 0.15) is 5.82 Å². The van der Waals surface area contributed by atoms with E-state index in [-0.39, 0.29) is 5.97 Å². The second kappa shape index (κ2) is 9.35. The fourth-order valence-electron chi connectivity index (χ4n) is 4.41. The van der Waals surface area contributed by atoms with Gasteiger partial charge in [-0.05, 0) is 49.6 Å². The number of anilines is 1. The fraction of sp³-hybridized carbons (Fsp3) is 0.522. The Labute approximate surface area is 172 Å². The molecule has 29 heavy (non-hydrogen) atoms. The number of hydrogen-bond donors (Lipinski definition) is 2. The van der Waals surface area contributed by atoms with E-state index in [9.17, 15) is 4.79 Å². The van der Waals surface area contributed by atoms with Crippen LogP contribution in [-0.4, -0.2) is 42.2 Å². The summed E-state index contributed by atoms with van der Waals surface area (Å²) in [5.74, 6) is 1.09. The zero-order valence-electron chi connectivity index (χ0n) is 17.1. The van der Waals surface area contributed by atoms with Crippen LogP contribution in [0.25, 0.3) is 11.3 Å². The average molecular weight is 395 g/mol. The minimum Gasteiger partial charge on any atom is -0.465 e. The van der Waals surface area contributed by atoms with Crippen molar-refractivity contribution in [2.45, 2.75) is 51.0 Å². The van der Waals surface area contributed by atoms with Crippen LogP contribution in [0.3, 0.4) is 0 Å². The molecule has 6 heteroatoms. The van der Waals surface area contributed by atoms with Crippen molar-refractivity contribution in [2.24, 2.45) is 5.92 Å². The van der Waals surface area contributed by atoms with Crippen LogP contribution < -0.4 is 10.6 Å². The lowest BCUT2D eigenvalue weighted by molar-refractivity contribution is 0.0600. The molecule has 2 aromatic heterocycles. The van der Waals surface area contributed by atoms with Crippen LogP contribution in [0.15, 0.2) is 30.5 Å². The third-order valence-corrected chi connectivity index (χ3v) is 5.99. The highest BCUT2D eigenvalue weighted by molar-refractivity contribution is 5.91. The summed E-state index contributed by atoms with van der Waals surface area (Å²) in [6, 6.07) is 8.00. The third-order valence-electron chi connectivity index (χ3n) is 5.99. The van der Waals surface area contributed by atoms with Crippen molar-refractivity contribution in [3.63, 3.8) is 0 Å². The van der Waals surface area contributed by atoms with Crippen molar-refractivity contribution >= 4 is 11.8 Å². The molecule has 0 amide bonds. The van der Waals surface area contributed by atoms with E-state index in [1.165, 1.54) is 39.2 Å². The molecule has 2 aliphatic rings. The van der Waals surface area contributed by atoms with Crippen molar-refractivity contribution in [2.75, 3.05) is 25.5 Å². The minimum absolute atomic E-state index is 0.322. The third kappa shape index (κ3) is 5.12. The lowest BCUT2D eigenvalue weighted by atomic mass is 9.86. The van der Waals surface area contributed by atoms with E-state index in [1.54, 1.807) is 6.07 Å². The second-order valence-electron chi connectivity index (χ2n) is 8.20. The first-order valence-electron chi connectivity index (χ1n) is 10.7. The summed E-state index contributed by atoms with van der Waals surface area (Å²) >= 11 is 0. The Morgan fingerprint density at radius 2 is 2.07 bits per heavy atom. The maximum atomic E-state index is 12.2. The highest BCUT2D eigenvalue weighted by Gasteiger charge is 2.18. The Morgan fingerprint density at radius 1 is 1.21 bits per heavy atom. The average Bonchev–Trinajstić information content (AvgIpc) is 3.27. The summed E-state index contributed by atoms with van der Waals surface area (Å²) in [5.41, 5.74) is 3.38. The molecule has 2 fully saturated rings. The minimum atomic E-state index is -0.349. The van der Waals surface area contributed by atoms with Gasteiger partial charge in [-0.25, -0.2) is 9.78 Å². The Kier molecular flexibility index (Phi) is 6.39. The zero-order valence-corrected chi connectivity index (χ0v) is 17.1. The lowest BCUT2D eigenvalue weighted by Crippen LogP contribution is -2.23. The highest BCUT2D eigenvalue weighted by Crippen LogP contribution is 2.28. The number of methoxy groups -OCH3 is 1. The molecule has 2 aromatic rings. The molecule has 3 heterocycles. The van der Waals surface area contributed by atoms with Crippen molar-refractivity contribution in [3.05, 3.63) is 41.7 Å². The number of aromatic nitrogens is 2. The van der Waals surface area contributed by atoms with Crippen LogP contribution in [0.2, 0.25) is 0 Å². The molecule has 1 saturated carbocycles. The van der Waals surface area contributed by atoms with E-state index < -0.39 is 0 Å². The molecule has 6 nitrogen and oxygen atoms in total. The molecule has 154 valence electrons. The topological polar surface area (TPSA) is 76.1 Å². The van der Waals surface area contributed by atoms with Crippen LogP contribution in [0.5, 0.6) is 0 Å². The summed E-state index contributed by atoms with van der Waals surface area (Å²) in [4.78, 5) is 21.6. The predicted molar refractivity (Wildman–Crippen MR) is 114 cm³/mol. The van der Waals surface area contributed by atoms with Crippen LogP contribution in [0.4, 0.5) is 5.82 Å². The maximum Gasteiger partial charge on any atom is 0.338 e. The SMILES string of the molecule is COC(=O)c1cc(N[C@H]2CCNC2)nc(-c2ccnc(CC3CCCCC3)c2)c1. The summed E-state index contributed by atoms with van der Waals surface area (Å²) in [6.45, 7) is 1.90. The molecule has 0 unspecified atom stereocenters. The monoisotopic (exact) mass is 394 g/mol. The van der Waals surface area contributed by atoms with Gasteiger partial charge in [0.25, 0.3) is 0 Å². The van der Waals surface area contributed by atoms with Gasteiger partial charge in [0.2, 0.25) is 0 Å². The Hall–Kier alpha value is -2.47. The molecule has 1 aliphatic heterocycles. The van der Waals surface area contributed by atoms with Crippen molar-refractivity contribution in [3.8, 4) is 11.3 Å². The Balaban J connectivity index is 1.60. The lowest BCUT2D eigenvalue weighted by Gasteiger charge is -2.21. The fourth-order valence-corrected chi connectivity index (χ4v) is 4.41. The van der Waals surface area contributed by atoms with Gasteiger partial charge in [-0.1, -0.05) is 32.1 Å². The van der Waals surface area contributed by atoms with Gasteiger partial charge in [0, 0.05) is 30.0 Å². The standard InChI is InChI=1S/C23H30N4O2/c1-29-23(28)18-13-21(27-22(14-18)26-19-8-9-24-15-19)17-7-10-25-20(12-17)11-16-5-3-2-4-6-16/h7,10,12-14,16,19,24H,2-6,8-9,11,15H2,1H3,(H,26,27)/t19-/m0/s1. The summed E-state index contributed by atoms with van der Waals surface area (Å²) in [7, 11) is 1.41. The normalized spacial score (nSPS) is 19.8. The van der Waals surface area contributed by atoms with Gasteiger partial charge in [-0.2, -0.15) is 0 Å². The van der Waals surface area contributed by atoms with E-state index in [4.69, 9.17) is 9.72 Å². The first-order valence-corrected chi connectivity index (χ1v) is 10.7. The maximum absolute atomic E-state index is 12.2. The highest BCUT2D eigenvalue weighted by atomic mass is 16.5. The van der Waals surface area contributed by atoms with Crippen LogP contribution in [-0.2, 0) is 11.2 Å². The number of nitrogens with one attached hydrogen (secondary N) is 2. The van der Waals surface area contributed by atoms with Crippen LogP contribution in [0, 0.1) is 5.92 Å². The van der Waals surface area contributed by atoms with Crippen molar-refractivity contribution < 1.29 is 9.53 Å². The zero-order chi connectivity index (χ0) is 20.1. The van der Waals surface area contributed by atoms with E-state index in [0.717, 1.165) is 48.8 Å². The van der Waals surface area contributed by atoms with Gasteiger partial charge in [0.05, 0.1) is 18.4 Å². The van der Waals surface area contributed by atoms with E-state index in [2.05, 4.69) is 21.7 Å². The largest absolute Gasteiger partial charge is 0.465 e. The first-order chi connectivity index (χ1) is 14.2. The smallest absolute Gasteiger partial charge is 0.338 e. The number of rotatable bonds is 6. The van der Waals surface area contributed by atoms with Crippen LogP contribution in [0.1, 0.15) is 54.6 Å². The summed E-state index contributed by atoms with van der Waals surface area (Å²) in [6.07, 6.45) is 10.5. The van der Waals surface area contributed by atoms with Gasteiger partial charge in [-0.15, -0.1) is 0 Å². The van der Waals surface area contributed by atoms with Crippen LogP contribution >= 0.6 is 0 Å². The van der Waals surface area contributed by atoms with Gasteiger partial charge >= 0.3 is 5.97 Å². The number of ether oxygens (including phenoxy) is 1. The molecule has 1 saturated heterocycles. The van der Waals surface area contributed by atoms with Crippen molar-refractivity contribution in [1.82, 2.24) is 15.3 Å². The Morgan fingerprint density at radius 3 is 2.83 bits per heavy atom. The van der Waals surface area contributed by atoms with E-state index in [1.807, 2.05) is 18.3 Å². The number of pyridine rings is 2. The number of carbonyl (C=O) groups is 1. The molecular formula is C23H30N4O2. The molecular weight excluding hydrogens is 364 g/mol. The Bertz CT molecular complexity index is 843. The molecule has 0 bridgehead atoms. The van der Waals surface area contributed by atoms with Crippen molar-refractivity contribution in [1.29, 1.82) is 0 Å². The first kappa shape index (κ1) is 19.8. The molecule has 0 radical (unpaired) electrons. The van der Waals surface area contributed by atoms with E-state index in [0.29, 0.717) is 17.4 Å². The number of nitrogens with zero attached hydrogens (tertiary/aromatic N) is 2. The van der Waals surface area contributed by atoms with E-state index >= 15 is 0 Å². The molecule has 0 spiro atoms. The van der Waals surface area contributed by atoms with Gasteiger partial charge in [-0.3, -0.25) is 4.98 Å². The number of hydrogen-bond acceptors (Lipinski definition) is 6. The summed E-state index contributed by atoms with van der Waals surface area (Å²) < 4.78 is 4.96. The molecule has 1 atom stereocenters. The molecule has 0 aromatic carbocycles. The number of esters is 1. The molecule has 1 aliphatic carbocycles. The number of carbonyl (C=O) groups excluding carboxylic acids is 1. The summed E-state index contributed by atoms with van der Waals surface area (Å²) in [5, 5.41) is 6.80. The van der Waals surface area contributed by atoms with Gasteiger partial charge < -0.3 is 15.4 Å². The van der Waals surface area contributed by atoms with Gasteiger partial charge in [0.15, 0.2) is 0 Å². The predicted octanol–water partition coefficient (Wildman–Crippen LogP) is 3.83. The quantitative estimate of drug-likeness (QED) is 0.726. The molecule has 2 N–H and O–H groups in total.